The number of hydrogen-bond donors (Lipinski definition) is 2. The maximum Gasteiger partial charge on any atom is 0.253 e. The summed E-state index contributed by atoms with van der Waals surface area (Å²) in [4.78, 5) is 12.0. The number of methoxy groups -OCH3 is 1. The van der Waals surface area contributed by atoms with E-state index < -0.39 is 17.5 Å². The number of para-hydroxylation sites is 1. The lowest BCUT2D eigenvalue weighted by Crippen LogP contribution is -2.24. The van der Waals surface area contributed by atoms with Crippen LogP contribution in [-0.2, 0) is 6.54 Å². The smallest absolute Gasteiger partial charge is 0.253 e. The Kier molecular flexibility index (Phi) is 4.37. The minimum atomic E-state index is -0.956. The molecule has 2 aromatic carbocycles. The zero-order valence-corrected chi connectivity index (χ0v) is 11.3. The molecule has 0 aliphatic carbocycles. The molecular formula is C15H14F2N2O2. The molecule has 0 fully saturated rings. The fourth-order valence-electron chi connectivity index (χ4n) is 1.85. The molecule has 0 aromatic heterocycles. The number of nitrogen functional groups attached to an aromatic ring is 1. The monoisotopic (exact) mass is 292 g/mol. The predicted octanol–water partition coefficient (Wildman–Crippen LogP) is 2.49. The van der Waals surface area contributed by atoms with E-state index in [1.165, 1.54) is 13.2 Å². The molecule has 0 spiro atoms. The van der Waals surface area contributed by atoms with E-state index in [2.05, 4.69) is 5.32 Å². The van der Waals surface area contributed by atoms with Gasteiger partial charge in [0, 0.05) is 6.54 Å². The van der Waals surface area contributed by atoms with Crippen LogP contribution in [0.5, 0.6) is 5.75 Å². The molecule has 0 heterocycles. The number of carbonyl (C=O) groups excluding carboxylic acids is 1. The summed E-state index contributed by atoms with van der Waals surface area (Å²) in [5.41, 5.74) is 6.75. The van der Waals surface area contributed by atoms with Gasteiger partial charge in [0.15, 0.2) is 11.6 Å². The number of benzene rings is 2. The van der Waals surface area contributed by atoms with E-state index in [0.717, 1.165) is 12.1 Å². The van der Waals surface area contributed by atoms with Gasteiger partial charge < -0.3 is 15.8 Å². The molecule has 0 radical (unpaired) electrons. The van der Waals surface area contributed by atoms with Crippen LogP contribution in [0.25, 0.3) is 0 Å². The third kappa shape index (κ3) is 3.28. The van der Waals surface area contributed by atoms with Crippen molar-refractivity contribution in [2.75, 3.05) is 12.8 Å². The summed E-state index contributed by atoms with van der Waals surface area (Å²) < 4.78 is 30.9. The minimum Gasteiger partial charge on any atom is -0.495 e. The molecule has 0 aliphatic heterocycles. The zero-order valence-electron chi connectivity index (χ0n) is 11.3. The maximum absolute atomic E-state index is 13.1. The molecule has 3 N–H and O–H groups in total. The third-order valence-electron chi connectivity index (χ3n) is 2.97. The Balaban J connectivity index is 2.10. The first-order valence-electron chi connectivity index (χ1n) is 6.17. The molecule has 4 nitrogen and oxygen atoms in total. The van der Waals surface area contributed by atoms with Crippen molar-refractivity contribution >= 4 is 11.6 Å². The molecule has 110 valence electrons. The second-order valence-electron chi connectivity index (χ2n) is 4.35. The van der Waals surface area contributed by atoms with Gasteiger partial charge in [-0.1, -0.05) is 12.1 Å². The number of nitrogens with two attached hydrogens (primary N) is 1. The second-order valence-corrected chi connectivity index (χ2v) is 4.35. The van der Waals surface area contributed by atoms with Gasteiger partial charge >= 0.3 is 0 Å². The first-order valence-corrected chi connectivity index (χ1v) is 6.17. The molecule has 0 unspecified atom stereocenters. The van der Waals surface area contributed by atoms with Crippen LogP contribution in [0.15, 0.2) is 36.4 Å². The highest BCUT2D eigenvalue weighted by Crippen LogP contribution is 2.24. The topological polar surface area (TPSA) is 64.3 Å². The van der Waals surface area contributed by atoms with Crippen LogP contribution in [0.1, 0.15) is 15.9 Å². The lowest BCUT2D eigenvalue weighted by Gasteiger charge is -2.10. The molecule has 2 aromatic rings. The summed E-state index contributed by atoms with van der Waals surface area (Å²) in [5.74, 6) is -1.91. The molecule has 0 saturated heterocycles. The molecule has 21 heavy (non-hydrogen) atoms. The van der Waals surface area contributed by atoms with E-state index in [4.69, 9.17) is 10.5 Å². The highest BCUT2D eigenvalue weighted by molar-refractivity contribution is 6.00. The van der Waals surface area contributed by atoms with Crippen LogP contribution >= 0.6 is 0 Å². The number of carbonyl (C=O) groups is 1. The first-order chi connectivity index (χ1) is 10.0. The average molecular weight is 292 g/mol. The molecule has 6 heteroatoms. The van der Waals surface area contributed by atoms with Crippen molar-refractivity contribution in [2.24, 2.45) is 0 Å². The number of halogens is 2. The Bertz CT molecular complexity index is 675. The third-order valence-corrected chi connectivity index (χ3v) is 2.97. The van der Waals surface area contributed by atoms with Gasteiger partial charge in [-0.05, 0) is 29.8 Å². The molecule has 1 amide bonds. The van der Waals surface area contributed by atoms with E-state index in [1.807, 2.05) is 0 Å². The SMILES string of the molecule is COc1cccc(C(=O)NCc2ccc(F)c(F)c2)c1N. The van der Waals surface area contributed by atoms with Crippen LogP contribution in [0.3, 0.4) is 0 Å². The van der Waals surface area contributed by atoms with E-state index in [-0.39, 0.29) is 17.8 Å². The summed E-state index contributed by atoms with van der Waals surface area (Å²) >= 11 is 0. The van der Waals surface area contributed by atoms with Crippen molar-refractivity contribution in [3.05, 3.63) is 59.2 Å². The van der Waals surface area contributed by atoms with E-state index in [0.29, 0.717) is 11.3 Å². The van der Waals surface area contributed by atoms with Crippen molar-refractivity contribution < 1.29 is 18.3 Å². The fraction of sp³-hybridized carbons (Fsp3) is 0.133. The van der Waals surface area contributed by atoms with Crippen molar-refractivity contribution in [3.8, 4) is 5.75 Å². The normalized spacial score (nSPS) is 10.2. The average Bonchev–Trinajstić information content (AvgIpc) is 2.48. The Labute approximate surface area is 120 Å². The molecule has 0 saturated carbocycles. The van der Waals surface area contributed by atoms with Gasteiger partial charge in [0.25, 0.3) is 5.91 Å². The lowest BCUT2D eigenvalue weighted by molar-refractivity contribution is 0.0951. The number of nitrogens with one attached hydrogen (secondary N) is 1. The molecule has 0 aliphatic rings. The summed E-state index contributed by atoms with van der Waals surface area (Å²) in [6, 6.07) is 8.27. The van der Waals surface area contributed by atoms with Gasteiger partial charge in [0.1, 0.15) is 5.75 Å². The Morgan fingerprint density at radius 3 is 2.67 bits per heavy atom. The van der Waals surface area contributed by atoms with Crippen LogP contribution < -0.4 is 15.8 Å². The largest absolute Gasteiger partial charge is 0.495 e. The number of rotatable bonds is 4. The second kappa shape index (κ2) is 6.21. The first kappa shape index (κ1) is 14.8. The number of amides is 1. The van der Waals surface area contributed by atoms with Crippen LogP contribution in [0.4, 0.5) is 14.5 Å². The lowest BCUT2D eigenvalue weighted by atomic mass is 10.1. The summed E-state index contributed by atoms with van der Waals surface area (Å²) in [5, 5.41) is 2.59. The molecule has 0 atom stereocenters. The zero-order chi connectivity index (χ0) is 15.4. The molecular weight excluding hydrogens is 278 g/mol. The Morgan fingerprint density at radius 2 is 2.00 bits per heavy atom. The number of hydrogen-bond acceptors (Lipinski definition) is 3. The fourth-order valence-corrected chi connectivity index (χ4v) is 1.85. The van der Waals surface area contributed by atoms with E-state index in [9.17, 15) is 13.6 Å². The summed E-state index contributed by atoms with van der Waals surface area (Å²) in [6.45, 7) is 0.0622. The Morgan fingerprint density at radius 1 is 1.24 bits per heavy atom. The van der Waals surface area contributed by atoms with Gasteiger partial charge in [0.05, 0.1) is 18.4 Å². The van der Waals surface area contributed by atoms with E-state index in [1.54, 1.807) is 18.2 Å². The number of ether oxygens (including phenoxy) is 1. The van der Waals surface area contributed by atoms with Crippen molar-refractivity contribution in [2.45, 2.75) is 6.54 Å². The highest BCUT2D eigenvalue weighted by Gasteiger charge is 2.13. The number of anilines is 1. The van der Waals surface area contributed by atoms with Crippen LogP contribution in [-0.4, -0.2) is 13.0 Å². The summed E-state index contributed by atoms with van der Waals surface area (Å²) in [7, 11) is 1.45. The standard InChI is InChI=1S/C15H14F2N2O2/c1-21-13-4-2-3-10(14(13)18)15(20)19-8-9-5-6-11(16)12(17)7-9/h2-7H,8,18H2,1H3,(H,19,20). The van der Waals surface area contributed by atoms with Crippen molar-refractivity contribution in [1.82, 2.24) is 5.32 Å². The Hall–Kier alpha value is -2.63. The quantitative estimate of drug-likeness (QED) is 0.851. The van der Waals surface area contributed by atoms with Crippen molar-refractivity contribution in [1.29, 1.82) is 0 Å². The van der Waals surface area contributed by atoms with Gasteiger partial charge in [-0.2, -0.15) is 0 Å². The van der Waals surface area contributed by atoms with E-state index >= 15 is 0 Å². The van der Waals surface area contributed by atoms with Gasteiger partial charge in [-0.25, -0.2) is 8.78 Å². The highest BCUT2D eigenvalue weighted by atomic mass is 19.2. The van der Waals surface area contributed by atoms with Gasteiger partial charge in [-0.15, -0.1) is 0 Å². The molecule has 2 rings (SSSR count). The molecule has 0 bridgehead atoms. The van der Waals surface area contributed by atoms with Crippen LogP contribution in [0.2, 0.25) is 0 Å². The van der Waals surface area contributed by atoms with Crippen LogP contribution in [0, 0.1) is 11.6 Å². The van der Waals surface area contributed by atoms with Gasteiger partial charge in [-0.3, -0.25) is 4.79 Å². The maximum atomic E-state index is 13.1. The minimum absolute atomic E-state index is 0.0622. The van der Waals surface area contributed by atoms with Gasteiger partial charge in [0.2, 0.25) is 0 Å². The van der Waals surface area contributed by atoms with Crippen molar-refractivity contribution in [3.63, 3.8) is 0 Å². The summed E-state index contributed by atoms with van der Waals surface area (Å²) in [6.07, 6.45) is 0. The predicted molar refractivity (Wildman–Crippen MR) is 74.9 cm³/mol.